The van der Waals surface area contributed by atoms with Crippen LogP contribution in [0.2, 0.25) is 0 Å². The third kappa shape index (κ3) is 1.62. The zero-order valence-electron chi connectivity index (χ0n) is 7.66. The molecule has 0 aliphatic rings. The average molecular weight is 310 g/mol. The molecule has 15 heavy (non-hydrogen) atoms. The first kappa shape index (κ1) is 10.1. The molecule has 0 amide bonds. The molecule has 0 atom stereocenters. The zero-order valence-corrected chi connectivity index (χ0v) is 9.82. The molecule has 0 aliphatic heterocycles. The molecule has 0 saturated heterocycles. The van der Waals surface area contributed by atoms with Gasteiger partial charge < -0.3 is 5.43 Å². The number of nitrogens with zero attached hydrogens (tertiary/aromatic N) is 2. The van der Waals surface area contributed by atoms with Gasteiger partial charge in [0.05, 0.1) is 16.8 Å². The number of hydrogen-bond acceptors (Lipinski definition) is 4. The molecule has 2 aromatic rings. The summed E-state index contributed by atoms with van der Waals surface area (Å²) < 4.78 is 1.03. The zero-order chi connectivity index (χ0) is 10.8. The lowest BCUT2D eigenvalue weighted by Crippen LogP contribution is -2.09. The topological polar surface area (TPSA) is 74.7 Å². The minimum absolute atomic E-state index is 0.451. The molecule has 0 spiro atoms. The average Bonchev–Trinajstić information content (AvgIpc) is 2.28. The molecule has 1 aromatic heterocycles. The minimum atomic E-state index is 0.451. The van der Waals surface area contributed by atoms with Crippen molar-refractivity contribution in [3.05, 3.63) is 33.5 Å². The molecule has 4 nitrogen and oxygen atoms in total. The maximum absolute atomic E-state index is 8.89. The van der Waals surface area contributed by atoms with E-state index in [2.05, 4.69) is 39.1 Å². The Labute approximate surface area is 100 Å². The van der Waals surface area contributed by atoms with Crippen LogP contribution in [0.1, 0.15) is 5.56 Å². The predicted octanol–water partition coefficient (Wildman–Crippen LogP) is 2.00. The van der Waals surface area contributed by atoms with Gasteiger partial charge in [-0.25, -0.2) is 0 Å². The fourth-order valence-corrected chi connectivity index (χ4v) is 2.06. The second kappa shape index (κ2) is 4.00. The predicted molar refractivity (Wildman–Crippen MR) is 67.0 cm³/mol. The van der Waals surface area contributed by atoms with Crippen LogP contribution in [-0.2, 0) is 0 Å². The third-order valence-corrected chi connectivity index (χ3v) is 2.98. The summed E-state index contributed by atoms with van der Waals surface area (Å²) in [6, 6.07) is 7.81. The molecule has 1 aromatic carbocycles. The summed E-state index contributed by atoms with van der Waals surface area (Å²) >= 11 is 2.20. The van der Waals surface area contributed by atoms with E-state index in [9.17, 15) is 0 Å². The van der Waals surface area contributed by atoms with E-state index < -0.39 is 0 Å². The molecular weight excluding hydrogens is 303 g/mol. The standard InChI is InChI=1S/C10H7IN4/c11-8-3-1-2-7-9(15-13)6(4-12)5-14-10(7)8/h1-3,5H,13H2,(H,14,15). The second-order valence-electron chi connectivity index (χ2n) is 2.94. The van der Waals surface area contributed by atoms with E-state index in [1.54, 1.807) is 0 Å². The van der Waals surface area contributed by atoms with Gasteiger partial charge in [-0.05, 0) is 28.7 Å². The Hall–Kier alpha value is -1.39. The van der Waals surface area contributed by atoms with Crippen molar-refractivity contribution in [2.75, 3.05) is 5.43 Å². The van der Waals surface area contributed by atoms with Gasteiger partial charge in [0.25, 0.3) is 0 Å². The Balaban J connectivity index is 2.90. The number of anilines is 1. The van der Waals surface area contributed by atoms with E-state index in [4.69, 9.17) is 11.1 Å². The Kier molecular flexibility index (Phi) is 2.70. The van der Waals surface area contributed by atoms with Crippen LogP contribution in [-0.4, -0.2) is 4.98 Å². The number of fused-ring (bicyclic) bond motifs is 1. The molecule has 5 heteroatoms. The van der Waals surface area contributed by atoms with Crippen LogP contribution < -0.4 is 11.3 Å². The number of rotatable bonds is 1. The number of hydrazine groups is 1. The number of nitrogen functional groups attached to an aromatic ring is 1. The van der Waals surface area contributed by atoms with Crippen molar-refractivity contribution in [3.63, 3.8) is 0 Å². The van der Waals surface area contributed by atoms with Crippen LogP contribution in [0.4, 0.5) is 5.69 Å². The summed E-state index contributed by atoms with van der Waals surface area (Å²) in [5, 5.41) is 9.76. The van der Waals surface area contributed by atoms with Crippen molar-refractivity contribution in [2.24, 2.45) is 5.84 Å². The van der Waals surface area contributed by atoms with E-state index in [0.717, 1.165) is 14.5 Å². The lowest BCUT2D eigenvalue weighted by atomic mass is 10.1. The van der Waals surface area contributed by atoms with Gasteiger partial charge in [-0.2, -0.15) is 5.26 Å². The number of para-hydroxylation sites is 1. The van der Waals surface area contributed by atoms with Gasteiger partial charge in [-0.3, -0.25) is 10.8 Å². The first-order valence-electron chi connectivity index (χ1n) is 4.22. The normalized spacial score (nSPS) is 9.93. The van der Waals surface area contributed by atoms with Crippen molar-refractivity contribution < 1.29 is 0 Å². The molecule has 0 radical (unpaired) electrons. The highest BCUT2D eigenvalue weighted by atomic mass is 127. The second-order valence-corrected chi connectivity index (χ2v) is 4.10. The fourth-order valence-electron chi connectivity index (χ4n) is 1.43. The Morgan fingerprint density at radius 3 is 2.93 bits per heavy atom. The highest BCUT2D eigenvalue weighted by Gasteiger charge is 2.08. The summed E-state index contributed by atoms with van der Waals surface area (Å²) in [4.78, 5) is 4.23. The van der Waals surface area contributed by atoms with Crippen LogP contribution in [0.25, 0.3) is 10.9 Å². The van der Waals surface area contributed by atoms with E-state index in [1.165, 1.54) is 6.20 Å². The molecule has 74 valence electrons. The maximum atomic E-state index is 8.89. The number of hydrogen-bond donors (Lipinski definition) is 2. The molecular formula is C10H7IN4. The lowest BCUT2D eigenvalue weighted by molar-refractivity contribution is 1.30. The van der Waals surface area contributed by atoms with Gasteiger partial charge in [0.15, 0.2) is 0 Å². The third-order valence-electron chi connectivity index (χ3n) is 2.11. The summed E-state index contributed by atoms with van der Waals surface area (Å²) in [6.07, 6.45) is 1.53. The number of nitrogens with two attached hydrogens (primary N) is 1. The first-order chi connectivity index (χ1) is 7.27. The molecule has 1 heterocycles. The molecule has 0 aliphatic carbocycles. The molecule has 0 bridgehead atoms. The van der Waals surface area contributed by atoms with Crippen molar-refractivity contribution in [2.45, 2.75) is 0 Å². The smallest absolute Gasteiger partial charge is 0.103 e. The highest BCUT2D eigenvalue weighted by molar-refractivity contribution is 14.1. The van der Waals surface area contributed by atoms with Gasteiger partial charge in [0, 0.05) is 15.2 Å². The summed E-state index contributed by atoms with van der Waals surface area (Å²) in [6.45, 7) is 0. The Bertz CT molecular complexity index is 559. The van der Waals surface area contributed by atoms with Crippen molar-refractivity contribution >= 4 is 39.2 Å². The molecule has 3 N–H and O–H groups in total. The Morgan fingerprint density at radius 2 is 2.27 bits per heavy atom. The molecule has 2 rings (SSSR count). The molecule has 0 fully saturated rings. The first-order valence-corrected chi connectivity index (χ1v) is 5.29. The van der Waals surface area contributed by atoms with Crippen molar-refractivity contribution in [3.8, 4) is 6.07 Å². The number of pyridine rings is 1. The lowest BCUT2D eigenvalue weighted by Gasteiger charge is -2.07. The van der Waals surface area contributed by atoms with E-state index >= 15 is 0 Å². The van der Waals surface area contributed by atoms with Crippen LogP contribution in [0.5, 0.6) is 0 Å². The quantitative estimate of drug-likeness (QED) is 0.480. The van der Waals surface area contributed by atoms with E-state index in [1.807, 2.05) is 18.2 Å². The number of aromatic nitrogens is 1. The van der Waals surface area contributed by atoms with Crippen LogP contribution in [0, 0.1) is 14.9 Å². The monoisotopic (exact) mass is 310 g/mol. The van der Waals surface area contributed by atoms with Crippen LogP contribution >= 0.6 is 22.6 Å². The van der Waals surface area contributed by atoms with E-state index in [0.29, 0.717) is 11.3 Å². The fraction of sp³-hybridized carbons (Fsp3) is 0. The Morgan fingerprint density at radius 1 is 1.47 bits per heavy atom. The van der Waals surface area contributed by atoms with Crippen LogP contribution in [0.3, 0.4) is 0 Å². The van der Waals surface area contributed by atoms with Crippen molar-refractivity contribution in [1.82, 2.24) is 4.98 Å². The maximum Gasteiger partial charge on any atom is 0.103 e. The van der Waals surface area contributed by atoms with E-state index in [-0.39, 0.29) is 0 Å². The van der Waals surface area contributed by atoms with Gasteiger partial charge in [0.2, 0.25) is 0 Å². The van der Waals surface area contributed by atoms with Crippen LogP contribution in [0.15, 0.2) is 24.4 Å². The number of benzene rings is 1. The number of halogens is 1. The van der Waals surface area contributed by atoms with Gasteiger partial charge in [0.1, 0.15) is 6.07 Å². The van der Waals surface area contributed by atoms with Gasteiger partial charge in [-0.1, -0.05) is 12.1 Å². The van der Waals surface area contributed by atoms with Crippen molar-refractivity contribution in [1.29, 1.82) is 5.26 Å². The van der Waals surface area contributed by atoms with Gasteiger partial charge in [-0.15, -0.1) is 0 Å². The van der Waals surface area contributed by atoms with Gasteiger partial charge >= 0.3 is 0 Å². The number of nitriles is 1. The summed E-state index contributed by atoms with van der Waals surface area (Å²) in [7, 11) is 0. The largest absolute Gasteiger partial charge is 0.322 e. The number of nitrogens with one attached hydrogen (secondary N) is 1. The highest BCUT2D eigenvalue weighted by Crippen LogP contribution is 2.27. The summed E-state index contributed by atoms with van der Waals surface area (Å²) in [5.74, 6) is 5.41. The SMILES string of the molecule is N#Cc1cnc2c(I)cccc2c1NN. The minimum Gasteiger partial charge on any atom is -0.322 e. The molecule has 0 unspecified atom stereocenters. The molecule has 0 saturated carbocycles. The summed E-state index contributed by atoms with van der Waals surface area (Å²) in [5.41, 5.74) is 4.48.